The van der Waals surface area contributed by atoms with Crippen molar-refractivity contribution >= 4 is 22.6 Å². The van der Waals surface area contributed by atoms with Gasteiger partial charge in [0, 0.05) is 23.2 Å². The summed E-state index contributed by atoms with van der Waals surface area (Å²) < 4.78 is 10.6. The minimum Gasteiger partial charge on any atom is -0.484 e. The second-order valence-corrected chi connectivity index (χ2v) is 5.30. The second-order valence-electron chi connectivity index (χ2n) is 5.30. The molecule has 0 saturated heterocycles. The van der Waals surface area contributed by atoms with Gasteiger partial charge in [-0.05, 0) is 36.2 Å². The van der Waals surface area contributed by atoms with Gasteiger partial charge in [-0.1, -0.05) is 25.1 Å². The van der Waals surface area contributed by atoms with E-state index < -0.39 is 5.63 Å². The van der Waals surface area contributed by atoms with Gasteiger partial charge in [-0.2, -0.15) is 0 Å². The molecule has 1 aromatic heterocycles. The Morgan fingerprint density at radius 3 is 2.75 bits per heavy atom. The lowest BCUT2D eigenvalue weighted by Gasteiger charge is -2.10. The maximum Gasteiger partial charge on any atom is 0.336 e. The number of hydrogen-bond acceptors (Lipinski definition) is 4. The summed E-state index contributed by atoms with van der Waals surface area (Å²) in [6.07, 6.45) is 0.834. The number of rotatable bonds is 5. The molecule has 3 aromatic rings. The number of para-hydroxylation sites is 1. The summed E-state index contributed by atoms with van der Waals surface area (Å²) >= 11 is 0. The van der Waals surface area contributed by atoms with Crippen LogP contribution >= 0.6 is 0 Å². The van der Waals surface area contributed by atoms with E-state index in [1.807, 2.05) is 31.2 Å². The van der Waals surface area contributed by atoms with Gasteiger partial charge in [0.2, 0.25) is 0 Å². The molecule has 1 heterocycles. The van der Waals surface area contributed by atoms with Crippen LogP contribution < -0.4 is 15.7 Å². The maximum atomic E-state index is 12.1. The third kappa shape index (κ3) is 3.63. The van der Waals surface area contributed by atoms with Crippen LogP contribution in [0.4, 0.5) is 5.69 Å². The van der Waals surface area contributed by atoms with E-state index >= 15 is 0 Å². The van der Waals surface area contributed by atoms with Crippen molar-refractivity contribution in [2.24, 2.45) is 0 Å². The third-order valence-electron chi connectivity index (χ3n) is 3.64. The van der Waals surface area contributed by atoms with Crippen molar-refractivity contribution in [3.8, 4) is 5.75 Å². The molecule has 1 N–H and O–H groups in total. The Balaban J connectivity index is 1.67. The molecule has 0 spiro atoms. The molecule has 0 aliphatic carbocycles. The zero-order valence-electron chi connectivity index (χ0n) is 13.2. The van der Waals surface area contributed by atoms with E-state index in [2.05, 4.69) is 5.32 Å². The van der Waals surface area contributed by atoms with E-state index in [9.17, 15) is 9.59 Å². The van der Waals surface area contributed by atoms with E-state index in [1.165, 1.54) is 6.07 Å². The summed E-state index contributed by atoms with van der Waals surface area (Å²) in [5.74, 6) is 0.223. The van der Waals surface area contributed by atoms with Gasteiger partial charge in [-0.25, -0.2) is 4.79 Å². The van der Waals surface area contributed by atoms with Crippen LogP contribution in [0, 0.1) is 0 Å². The number of aryl methyl sites for hydroxylation is 1. The molecular formula is C19H17NO4. The molecule has 2 aromatic carbocycles. The molecule has 0 radical (unpaired) electrons. The van der Waals surface area contributed by atoms with Gasteiger partial charge in [-0.15, -0.1) is 0 Å². The average Bonchev–Trinajstić information content (AvgIpc) is 2.60. The number of benzene rings is 2. The summed E-state index contributed by atoms with van der Waals surface area (Å²) in [5.41, 5.74) is 1.86. The Hall–Kier alpha value is -3.08. The molecule has 0 fully saturated rings. The first-order valence-corrected chi connectivity index (χ1v) is 7.70. The van der Waals surface area contributed by atoms with Crippen LogP contribution in [0.25, 0.3) is 11.0 Å². The van der Waals surface area contributed by atoms with Gasteiger partial charge in [0.05, 0.1) is 0 Å². The van der Waals surface area contributed by atoms with Crippen molar-refractivity contribution in [3.05, 3.63) is 70.6 Å². The summed E-state index contributed by atoms with van der Waals surface area (Å²) in [6, 6.07) is 15.8. The van der Waals surface area contributed by atoms with E-state index in [4.69, 9.17) is 9.15 Å². The summed E-state index contributed by atoms with van der Waals surface area (Å²) in [5, 5.41) is 3.64. The Morgan fingerprint density at radius 2 is 1.92 bits per heavy atom. The summed E-state index contributed by atoms with van der Waals surface area (Å²) in [6.45, 7) is 1.91. The number of hydrogen-bond donors (Lipinski definition) is 1. The highest BCUT2D eigenvalue weighted by Gasteiger charge is 2.07. The lowest BCUT2D eigenvalue weighted by molar-refractivity contribution is -0.118. The third-order valence-corrected chi connectivity index (χ3v) is 3.64. The second kappa shape index (κ2) is 7.00. The van der Waals surface area contributed by atoms with Crippen molar-refractivity contribution in [1.29, 1.82) is 0 Å². The number of amides is 1. The molecule has 3 rings (SSSR count). The number of anilines is 1. The fraction of sp³-hybridized carbons (Fsp3) is 0.158. The zero-order valence-corrected chi connectivity index (χ0v) is 13.2. The first-order valence-electron chi connectivity index (χ1n) is 7.70. The smallest absolute Gasteiger partial charge is 0.336 e. The fourth-order valence-corrected chi connectivity index (χ4v) is 2.42. The van der Waals surface area contributed by atoms with Crippen LogP contribution in [0.2, 0.25) is 0 Å². The molecule has 0 unspecified atom stereocenters. The summed E-state index contributed by atoms with van der Waals surface area (Å²) in [4.78, 5) is 23.3. The lowest BCUT2D eigenvalue weighted by atomic mass is 10.1. The van der Waals surface area contributed by atoms with Crippen molar-refractivity contribution in [2.75, 3.05) is 11.9 Å². The predicted octanol–water partition coefficient (Wildman–Crippen LogP) is 3.37. The molecule has 5 nitrogen and oxygen atoms in total. The first-order chi connectivity index (χ1) is 11.7. The van der Waals surface area contributed by atoms with Crippen LogP contribution in [-0.2, 0) is 11.2 Å². The summed E-state index contributed by atoms with van der Waals surface area (Å²) in [7, 11) is 0. The van der Waals surface area contributed by atoms with E-state index in [0.29, 0.717) is 11.3 Å². The lowest BCUT2D eigenvalue weighted by Crippen LogP contribution is -2.20. The van der Waals surface area contributed by atoms with Gasteiger partial charge < -0.3 is 14.5 Å². The predicted molar refractivity (Wildman–Crippen MR) is 92.4 cm³/mol. The maximum absolute atomic E-state index is 12.1. The molecule has 0 atom stereocenters. The van der Waals surface area contributed by atoms with Crippen molar-refractivity contribution in [1.82, 2.24) is 0 Å². The number of ether oxygens (including phenoxy) is 1. The monoisotopic (exact) mass is 323 g/mol. The Labute approximate surface area is 138 Å². The standard InChI is InChI=1S/C19H17NO4/c1-2-13-5-3-4-6-16(13)20-18(21)12-23-15-9-7-14-8-10-19(22)24-17(14)11-15/h3-11H,2,12H2,1H3,(H,20,21). The molecule has 0 aliphatic heterocycles. The van der Waals surface area contributed by atoms with Crippen LogP contribution in [0.1, 0.15) is 12.5 Å². The topological polar surface area (TPSA) is 68.5 Å². The van der Waals surface area contributed by atoms with E-state index in [0.717, 1.165) is 23.1 Å². The highest BCUT2D eigenvalue weighted by Crippen LogP contribution is 2.20. The van der Waals surface area contributed by atoms with Crippen molar-refractivity contribution < 1.29 is 13.9 Å². The molecule has 24 heavy (non-hydrogen) atoms. The zero-order chi connectivity index (χ0) is 16.9. The number of fused-ring (bicyclic) bond motifs is 1. The fourth-order valence-electron chi connectivity index (χ4n) is 2.42. The van der Waals surface area contributed by atoms with Crippen LogP contribution in [0.3, 0.4) is 0 Å². The van der Waals surface area contributed by atoms with Crippen molar-refractivity contribution in [2.45, 2.75) is 13.3 Å². The first kappa shape index (κ1) is 15.8. The van der Waals surface area contributed by atoms with Crippen LogP contribution in [-0.4, -0.2) is 12.5 Å². The molecule has 122 valence electrons. The Bertz CT molecular complexity index is 930. The van der Waals surface area contributed by atoms with Crippen molar-refractivity contribution in [3.63, 3.8) is 0 Å². The molecule has 5 heteroatoms. The molecule has 0 saturated carbocycles. The number of nitrogens with one attached hydrogen (secondary N) is 1. The van der Waals surface area contributed by atoms with Gasteiger partial charge in [0.15, 0.2) is 6.61 Å². The SMILES string of the molecule is CCc1ccccc1NC(=O)COc1ccc2ccc(=O)oc2c1. The molecular weight excluding hydrogens is 306 g/mol. The quantitative estimate of drug-likeness (QED) is 0.731. The minimum absolute atomic E-state index is 0.124. The molecule has 1 amide bonds. The minimum atomic E-state index is -0.423. The van der Waals surface area contributed by atoms with Gasteiger partial charge in [-0.3, -0.25) is 4.79 Å². The van der Waals surface area contributed by atoms with Gasteiger partial charge in [0.25, 0.3) is 5.91 Å². The largest absolute Gasteiger partial charge is 0.484 e. The van der Waals surface area contributed by atoms with Gasteiger partial charge >= 0.3 is 5.63 Å². The molecule has 0 aliphatic rings. The van der Waals surface area contributed by atoms with E-state index in [1.54, 1.807) is 24.3 Å². The van der Waals surface area contributed by atoms with Crippen LogP contribution in [0.5, 0.6) is 5.75 Å². The molecule has 0 bridgehead atoms. The highest BCUT2D eigenvalue weighted by atomic mass is 16.5. The van der Waals surface area contributed by atoms with E-state index in [-0.39, 0.29) is 12.5 Å². The Morgan fingerprint density at radius 1 is 1.12 bits per heavy atom. The van der Waals surface area contributed by atoms with Crippen LogP contribution in [0.15, 0.2) is 63.8 Å². The average molecular weight is 323 g/mol. The number of carbonyl (C=O) groups excluding carboxylic acids is 1. The van der Waals surface area contributed by atoms with Gasteiger partial charge in [0.1, 0.15) is 11.3 Å². The number of carbonyl (C=O) groups is 1. The highest BCUT2D eigenvalue weighted by molar-refractivity contribution is 5.92. The Kier molecular flexibility index (Phi) is 4.61. The normalized spacial score (nSPS) is 10.5.